The maximum absolute atomic E-state index is 12.1. The summed E-state index contributed by atoms with van der Waals surface area (Å²) in [7, 11) is 0. The van der Waals surface area contributed by atoms with Crippen molar-refractivity contribution in [2.75, 3.05) is 13.1 Å². The van der Waals surface area contributed by atoms with Crippen LogP contribution in [0.15, 0.2) is 29.3 Å². The molecule has 0 radical (unpaired) electrons. The van der Waals surface area contributed by atoms with Crippen LogP contribution < -0.4 is 5.56 Å². The Bertz CT molecular complexity index is 756. The number of hydrogen-bond donors (Lipinski definition) is 0. The number of hydrogen-bond acceptors (Lipinski definition) is 5. The first-order valence-corrected chi connectivity index (χ1v) is 7.42. The second-order valence-corrected chi connectivity index (χ2v) is 5.87. The summed E-state index contributed by atoms with van der Waals surface area (Å²) in [5.41, 5.74) is 0.795. The molecule has 1 saturated heterocycles. The summed E-state index contributed by atoms with van der Waals surface area (Å²) in [5, 5.41) is 12.2. The number of aromatic nitrogens is 5. The van der Waals surface area contributed by atoms with Crippen molar-refractivity contribution in [1.82, 2.24) is 29.7 Å². The molecule has 2 aromatic heterocycles. The molecule has 1 amide bonds. The third-order valence-corrected chi connectivity index (χ3v) is 4.18. The van der Waals surface area contributed by atoms with Gasteiger partial charge in [0.15, 0.2) is 0 Å². The van der Waals surface area contributed by atoms with Crippen molar-refractivity contribution in [1.29, 1.82) is 0 Å². The van der Waals surface area contributed by atoms with Crippen LogP contribution in [-0.4, -0.2) is 48.7 Å². The zero-order valence-electron chi connectivity index (χ0n) is 12.0. The molecule has 1 aliphatic heterocycles. The molecule has 114 valence electrons. The number of rotatable bonds is 4. The maximum Gasteiger partial charge on any atom is 0.267 e. The Balaban J connectivity index is 1.35. The van der Waals surface area contributed by atoms with E-state index in [1.54, 1.807) is 11.0 Å². The number of amides is 1. The second kappa shape index (κ2) is 5.04. The third-order valence-electron chi connectivity index (χ3n) is 4.18. The minimum absolute atomic E-state index is 0.0168. The smallest absolute Gasteiger partial charge is 0.267 e. The van der Waals surface area contributed by atoms with Gasteiger partial charge in [0, 0.05) is 37.5 Å². The Labute approximate surface area is 126 Å². The van der Waals surface area contributed by atoms with E-state index in [9.17, 15) is 9.59 Å². The van der Waals surface area contributed by atoms with E-state index in [2.05, 4.69) is 15.4 Å². The van der Waals surface area contributed by atoms with Gasteiger partial charge in [-0.2, -0.15) is 5.10 Å². The molecule has 22 heavy (non-hydrogen) atoms. The highest BCUT2D eigenvalue weighted by Crippen LogP contribution is 2.39. The first-order chi connectivity index (χ1) is 10.7. The molecule has 8 nitrogen and oxygen atoms in total. The van der Waals surface area contributed by atoms with Gasteiger partial charge in [0.05, 0.1) is 11.7 Å². The minimum atomic E-state index is -0.265. The van der Waals surface area contributed by atoms with Crippen molar-refractivity contribution in [3.05, 3.63) is 40.6 Å². The Kier molecular flexibility index (Phi) is 3.02. The van der Waals surface area contributed by atoms with Gasteiger partial charge in [0.2, 0.25) is 5.91 Å². The summed E-state index contributed by atoms with van der Waals surface area (Å²) in [6.45, 7) is 1.19. The molecule has 1 aliphatic carbocycles. The molecule has 3 heterocycles. The van der Waals surface area contributed by atoms with Crippen molar-refractivity contribution in [3.63, 3.8) is 0 Å². The summed E-state index contributed by atoms with van der Waals surface area (Å²) in [4.78, 5) is 25.4. The molecular weight excluding hydrogens is 284 g/mol. The van der Waals surface area contributed by atoms with Crippen LogP contribution in [0, 0.1) is 0 Å². The van der Waals surface area contributed by atoms with Crippen LogP contribution in [0.3, 0.4) is 0 Å². The fourth-order valence-corrected chi connectivity index (χ4v) is 2.60. The molecule has 4 rings (SSSR count). The van der Waals surface area contributed by atoms with Gasteiger partial charge in [0.25, 0.3) is 5.56 Å². The van der Waals surface area contributed by atoms with Crippen molar-refractivity contribution in [2.24, 2.45) is 0 Å². The third kappa shape index (κ3) is 2.40. The normalized spacial score (nSPS) is 18.3. The number of nitrogens with zero attached hydrogens (tertiary/aromatic N) is 6. The molecule has 0 aromatic carbocycles. The van der Waals surface area contributed by atoms with Gasteiger partial charge in [0.1, 0.15) is 6.54 Å². The molecule has 0 N–H and O–H groups in total. The fraction of sp³-hybridized carbons (Fsp3) is 0.500. The molecule has 2 fully saturated rings. The van der Waals surface area contributed by atoms with E-state index in [1.165, 1.54) is 29.8 Å². The summed E-state index contributed by atoms with van der Waals surface area (Å²) in [6, 6.07) is 3.14. The van der Waals surface area contributed by atoms with E-state index < -0.39 is 0 Å². The molecule has 2 aliphatic rings. The van der Waals surface area contributed by atoms with Crippen LogP contribution in [-0.2, 0) is 11.3 Å². The standard InChI is InChI=1S/C14H16N6O2/c21-13-2-1-5-15-20(13)9-14(22)18-6-11(7-18)19-8-12(16-17-19)10-3-4-10/h1-2,5,8,10-11H,3-4,6-7,9H2. The predicted octanol–water partition coefficient (Wildman–Crippen LogP) is -0.204. The highest BCUT2D eigenvalue weighted by Gasteiger charge is 2.34. The molecule has 0 bridgehead atoms. The average molecular weight is 300 g/mol. The van der Waals surface area contributed by atoms with Gasteiger partial charge >= 0.3 is 0 Å². The first kappa shape index (κ1) is 13.2. The lowest BCUT2D eigenvalue weighted by Gasteiger charge is -2.38. The minimum Gasteiger partial charge on any atom is -0.337 e. The highest BCUT2D eigenvalue weighted by atomic mass is 16.2. The van der Waals surface area contributed by atoms with Crippen molar-refractivity contribution < 1.29 is 4.79 Å². The van der Waals surface area contributed by atoms with Crippen LogP contribution in [0.5, 0.6) is 0 Å². The van der Waals surface area contributed by atoms with E-state index in [0.29, 0.717) is 19.0 Å². The van der Waals surface area contributed by atoms with E-state index in [1.807, 2.05) is 10.9 Å². The van der Waals surface area contributed by atoms with E-state index >= 15 is 0 Å². The van der Waals surface area contributed by atoms with E-state index in [-0.39, 0.29) is 24.1 Å². The van der Waals surface area contributed by atoms with Gasteiger partial charge in [-0.25, -0.2) is 9.36 Å². The van der Waals surface area contributed by atoms with Crippen molar-refractivity contribution in [3.8, 4) is 0 Å². The summed E-state index contributed by atoms with van der Waals surface area (Å²) >= 11 is 0. The van der Waals surface area contributed by atoms with Gasteiger partial charge in [-0.3, -0.25) is 9.59 Å². The largest absolute Gasteiger partial charge is 0.337 e. The second-order valence-electron chi connectivity index (χ2n) is 5.87. The topological polar surface area (TPSA) is 85.9 Å². The van der Waals surface area contributed by atoms with Gasteiger partial charge in [-0.1, -0.05) is 5.21 Å². The van der Waals surface area contributed by atoms with Crippen LogP contribution in [0.2, 0.25) is 0 Å². The van der Waals surface area contributed by atoms with Gasteiger partial charge in [-0.05, 0) is 18.9 Å². The van der Waals surface area contributed by atoms with E-state index in [4.69, 9.17) is 0 Å². The van der Waals surface area contributed by atoms with Crippen LogP contribution in [0.1, 0.15) is 30.5 Å². The lowest BCUT2D eigenvalue weighted by Crippen LogP contribution is -2.52. The predicted molar refractivity (Wildman–Crippen MR) is 76.1 cm³/mol. The zero-order valence-corrected chi connectivity index (χ0v) is 12.0. The lowest BCUT2D eigenvalue weighted by molar-refractivity contribution is -0.138. The quantitative estimate of drug-likeness (QED) is 0.780. The molecule has 8 heteroatoms. The lowest BCUT2D eigenvalue weighted by atomic mass is 10.1. The number of likely N-dealkylation sites (tertiary alicyclic amines) is 1. The van der Waals surface area contributed by atoms with Crippen LogP contribution in [0.25, 0.3) is 0 Å². The summed E-state index contributed by atoms with van der Waals surface area (Å²) in [6.07, 6.45) is 5.90. The summed E-state index contributed by atoms with van der Waals surface area (Å²) < 4.78 is 3.03. The van der Waals surface area contributed by atoms with Crippen LogP contribution in [0.4, 0.5) is 0 Å². The van der Waals surface area contributed by atoms with Crippen molar-refractivity contribution >= 4 is 5.91 Å². The monoisotopic (exact) mass is 300 g/mol. The van der Waals surface area contributed by atoms with E-state index in [0.717, 1.165) is 5.69 Å². The van der Waals surface area contributed by atoms with Gasteiger partial charge < -0.3 is 4.90 Å². The van der Waals surface area contributed by atoms with Crippen molar-refractivity contribution in [2.45, 2.75) is 31.3 Å². The molecule has 0 spiro atoms. The SMILES string of the molecule is O=C(Cn1ncccc1=O)N1CC(n2cc(C3CC3)nn2)C1. The zero-order chi connectivity index (χ0) is 15.1. The Morgan fingerprint density at radius 2 is 2.14 bits per heavy atom. The Morgan fingerprint density at radius 1 is 1.32 bits per heavy atom. The number of carbonyl (C=O) groups excluding carboxylic acids is 1. The molecule has 0 unspecified atom stereocenters. The fourth-order valence-electron chi connectivity index (χ4n) is 2.60. The highest BCUT2D eigenvalue weighted by molar-refractivity contribution is 5.76. The Morgan fingerprint density at radius 3 is 2.86 bits per heavy atom. The molecular formula is C14H16N6O2. The molecule has 2 aromatic rings. The van der Waals surface area contributed by atoms with Gasteiger partial charge in [-0.15, -0.1) is 5.10 Å². The Hall–Kier alpha value is -2.51. The molecule has 0 atom stereocenters. The number of carbonyl (C=O) groups is 1. The summed E-state index contributed by atoms with van der Waals surface area (Å²) in [5.74, 6) is 0.488. The first-order valence-electron chi connectivity index (χ1n) is 7.42. The molecule has 1 saturated carbocycles. The average Bonchev–Trinajstić information content (AvgIpc) is 3.20. The van der Waals surface area contributed by atoms with Crippen LogP contribution >= 0.6 is 0 Å². The maximum atomic E-state index is 12.1.